The summed E-state index contributed by atoms with van der Waals surface area (Å²) in [6.45, 7) is -0.501. The number of nitro groups is 1. The van der Waals surface area contributed by atoms with Gasteiger partial charge in [-0.25, -0.2) is 0 Å². The molecule has 10 nitrogen and oxygen atoms in total. The van der Waals surface area contributed by atoms with E-state index in [1.54, 1.807) is 0 Å². The minimum absolute atomic E-state index is 0.0770. The van der Waals surface area contributed by atoms with E-state index in [-0.39, 0.29) is 30.8 Å². The summed E-state index contributed by atoms with van der Waals surface area (Å²) in [5.41, 5.74) is -0.315. The molecule has 1 aromatic carbocycles. The molecule has 0 fully saturated rings. The van der Waals surface area contributed by atoms with Crippen LogP contribution in [0.25, 0.3) is 0 Å². The number of phenols is 1. The number of phenolic OH excluding ortho intramolecular Hbond substituents is 1. The standard InChI is InChI=1S/C10H9N3O7/c14-8-2-1-6-7(9(8)12(16)17)5-11(10(6)15)3-4-20-13(18)19/h1-2,14H,3-5H2. The lowest BCUT2D eigenvalue weighted by atomic mass is 10.1. The van der Waals surface area contributed by atoms with Gasteiger partial charge in [-0.15, -0.1) is 10.1 Å². The van der Waals surface area contributed by atoms with Gasteiger partial charge in [-0.05, 0) is 12.1 Å². The predicted molar refractivity (Wildman–Crippen MR) is 62.4 cm³/mol. The number of hydrogen-bond donors (Lipinski definition) is 1. The molecule has 1 aliphatic heterocycles. The number of nitrogens with zero attached hydrogens (tertiary/aromatic N) is 3. The third-order valence-electron chi connectivity index (χ3n) is 2.87. The van der Waals surface area contributed by atoms with Gasteiger partial charge in [-0.1, -0.05) is 0 Å². The van der Waals surface area contributed by atoms with Crippen molar-refractivity contribution in [1.82, 2.24) is 4.90 Å². The number of hydrogen-bond acceptors (Lipinski definition) is 7. The minimum Gasteiger partial charge on any atom is -0.502 e. The highest BCUT2D eigenvalue weighted by Gasteiger charge is 2.35. The lowest BCUT2D eigenvalue weighted by Gasteiger charge is -2.13. The van der Waals surface area contributed by atoms with Crippen molar-refractivity contribution in [2.75, 3.05) is 13.2 Å². The number of rotatable bonds is 5. The van der Waals surface area contributed by atoms with E-state index in [0.29, 0.717) is 0 Å². The zero-order valence-electron chi connectivity index (χ0n) is 10.0. The van der Waals surface area contributed by atoms with Gasteiger partial charge in [0, 0.05) is 6.54 Å². The fourth-order valence-corrected chi connectivity index (χ4v) is 2.03. The molecule has 1 amide bonds. The van der Waals surface area contributed by atoms with Gasteiger partial charge in [0.15, 0.2) is 5.75 Å². The Labute approximate surface area is 111 Å². The van der Waals surface area contributed by atoms with Gasteiger partial charge in [0.05, 0.1) is 22.6 Å². The highest BCUT2D eigenvalue weighted by molar-refractivity contribution is 6.00. The van der Waals surface area contributed by atoms with Gasteiger partial charge < -0.3 is 14.8 Å². The number of carbonyl (C=O) groups is 1. The van der Waals surface area contributed by atoms with Crippen molar-refractivity contribution >= 4 is 11.6 Å². The lowest BCUT2D eigenvalue weighted by molar-refractivity contribution is -0.757. The lowest BCUT2D eigenvalue weighted by Crippen LogP contribution is -2.28. The monoisotopic (exact) mass is 283 g/mol. The Bertz CT molecular complexity index is 601. The summed E-state index contributed by atoms with van der Waals surface area (Å²) >= 11 is 0. The van der Waals surface area contributed by atoms with Crippen molar-refractivity contribution < 1.29 is 24.7 Å². The number of amides is 1. The van der Waals surface area contributed by atoms with Crippen molar-refractivity contribution in [3.63, 3.8) is 0 Å². The maximum atomic E-state index is 12.0. The second-order valence-electron chi connectivity index (χ2n) is 4.00. The highest BCUT2D eigenvalue weighted by Crippen LogP contribution is 2.37. The molecular formula is C10H9N3O7. The summed E-state index contributed by atoms with van der Waals surface area (Å²) < 4.78 is 0. The number of fused-ring (bicyclic) bond motifs is 1. The van der Waals surface area contributed by atoms with Crippen molar-refractivity contribution in [3.8, 4) is 5.75 Å². The molecule has 106 valence electrons. The Balaban J connectivity index is 2.22. The third-order valence-corrected chi connectivity index (χ3v) is 2.87. The molecule has 0 aromatic heterocycles. The van der Waals surface area contributed by atoms with E-state index in [1.165, 1.54) is 11.0 Å². The van der Waals surface area contributed by atoms with Gasteiger partial charge in [-0.3, -0.25) is 14.9 Å². The molecule has 0 atom stereocenters. The average molecular weight is 283 g/mol. The van der Waals surface area contributed by atoms with Crippen LogP contribution in [0.5, 0.6) is 5.75 Å². The largest absolute Gasteiger partial charge is 0.502 e. The Hall–Kier alpha value is -2.91. The minimum atomic E-state index is -0.984. The van der Waals surface area contributed by atoms with Gasteiger partial charge >= 0.3 is 5.69 Å². The molecule has 0 saturated carbocycles. The summed E-state index contributed by atoms with van der Waals surface area (Å²) in [5, 5.41) is 29.4. The van der Waals surface area contributed by atoms with Gasteiger partial charge in [-0.2, -0.15) is 0 Å². The Morgan fingerprint density at radius 3 is 2.65 bits per heavy atom. The molecule has 2 rings (SSSR count). The molecule has 0 bridgehead atoms. The predicted octanol–water partition coefficient (Wildman–Crippen LogP) is 0.464. The smallest absolute Gasteiger partial charge is 0.316 e. The average Bonchev–Trinajstić information content (AvgIpc) is 2.65. The molecule has 0 unspecified atom stereocenters. The first-order valence-electron chi connectivity index (χ1n) is 5.47. The van der Waals surface area contributed by atoms with Crippen LogP contribution >= 0.6 is 0 Å². The SMILES string of the molecule is O=C1c2ccc(O)c([N+](=O)[O-])c2CN1CCO[N+](=O)[O-]. The number of carbonyl (C=O) groups excluding carboxylic acids is 1. The zero-order chi connectivity index (χ0) is 14.9. The number of nitro benzene ring substituents is 1. The highest BCUT2D eigenvalue weighted by atomic mass is 16.9. The molecule has 1 aliphatic rings. The van der Waals surface area contributed by atoms with E-state index < -0.39 is 27.4 Å². The molecule has 0 aliphatic carbocycles. The van der Waals surface area contributed by atoms with Gasteiger partial charge in [0.1, 0.15) is 6.61 Å². The molecule has 0 spiro atoms. The van der Waals surface area contributed by atoms with E-state index in [0.717, 1.165) is 6.07 Å². The van der Waals surface area contributed by atoms with Crippen LogP contribution in [0, 0.1) is 20.2 Å². The second kappa shape index (κ2) is 4.99. The summed E-state index contributed by atoms with van der Waals surface area (Å²) in [5.74, 6) is -1.01. The molecule has 1 N–H and O–H groups in total. The second-order valence-corrected chi connectivity index (χ2v) is 4.00. The van der Waals surface area contributed by atoms with Crippen LogP contribution in [-0.2, 0) is 11.4 Å². The fourth-order valence-electron chi connectivity index (χ4n) is 2.03. The normalized spacial score (nSPS) is 13.2. The van der Waals surface area contributed by atoms with E-state index >= 15 is 0 Å². The molecule has 20 heavy (non-hydrogen) atoms. The Morgan fingerprint density at radius 1 is 1.35 bits per heavy atom. The van der Waals surface area contributed by atoms with Crippen LogP contribution in [0.4, 0.5) is 5.69 Å². The molecule has 10 heteroatoms. The molecule has 1 aromatic rings. The van der Waals surface area contributed by atoms with Crippen molar-refractivity contribution in [1.29, 1.82) is 0 Å². The Kier molecular flexibility index (Phi) is 3.37. The van der Waals surface area contributed by atoms with Crippen LogP contribution in [0.2, 0.25) is 0 Å². The third kappa shape index (κ3) is 2.30. The number of benzene rings is 1. The first-order chi connectivity index (χ1) is 9.41. The van der Waals surface area contributed by atoms with Crippen molar-refractivity contribution in [2.45, 2.75) is 6.54 Å². The van der Waals surface area contributed by atoms with E-state index in [9.17, 15) is 30.1 Å². The van der Waals surface area contributed by atoms with Crippen LogP contribution in [0.3, 0.4) is 0 Å². The first-order valence-corrected chi connectivity index (χ1v) is 5.47. The quantitative estimate of drug-likeness (QED) is 0.612. The maximum Gasteiger partial charge on any atom is 0.316 e. The van der Waals surface area contributed by atoms with Crippen LogP contribution < -0.4 is 0 Å². The molecule has 0 saturated heterocycles. The maximum absolute atomic E-state index is 12.0. The van der Waals surface area contributed by atoms with Crippen LogP contribution in [0.15, 0.2) is 12.1 Å². The first kappa shape index (κ1) is 13.5. The zero-order valence-corrected chi connectivity index (χ0v) is 10.0. The summed E-state index contributed by atoms with van der Waals surface area (Å²) in [7, 11) is 0. The van der Waals surface area contributed by atoms with E-state index in [4.69, 9.17) is 0 Å². The summed E-state index contributed by atoms with van der Waals surface area (Å²) in [6, 6.07) is 2.36. The van der Waals surface area contributed by atoms with E-state index in [2.05, 4.69) is 4.84 Å². The summed E-state index contributed by atoms with van der Waals surface area (Å²) in [6.07, 6.45) is 0. The van der Waals surface area contributed by atoms with Gasteiger partial charge in [0.2, 0.25) is 0 Å². The van der Waals surface area contributed by atoms with Gasteiger partial charge in [0.25, 0.3) is 11.0 Å². The Morgan fingerprint density at radius 2 is 2.05 bits per heavy atom. The van der Waals surface area contributed by atoms with Crippen molar-refractivity contribution in [3.05, 3.63) is 43.5 Å². The molecular weight excluding hydrogens is 274 g/mol. The van der Waals surface area contributed by atoms with Crippen LogP contribution in [0.1, 0.15) is 15.9 Å². The van der Waals surface area contributed by atoms with Crippen molar-refractivity contribution in [2.24, 2.45) is 0 Å². The number of aromatic hydroxyl groups is 1. The fraction of sp³-hybridized carbons (Fsp3) is 0.300. The van der Waals surface area contributed by atoms with Crippen LogP contribution in [-0.4, -0.2) is 39.1 Å². The molecule has 0 radical (unpaired) electrons. The topological polar surface area (TPSA) is 136 Å². The molecule has 1 heterocycles. The van der Waals surface area contributed by atoms with E-state index in [1.807, 2.05) is 0 Å². The summed E-state index contributed by atoms with van der Waals surface area (Å²) in [4.78, 5) is 37.4.